The maximum atomic E-state index is 11.7. The number of hydrogen-bond donors (Lipinski definition) is 11. The summed E-state index contributed by atoms with van der Waals surface area (Å²) in [5.74, 6) is -0.299. The highest BCUT2D eigenvalue weighted by molar-refractivity contribution is 7.46. The molecule has 248 valence electrons. The largest absolute Gasteiger partial charge is 0.469 e. The van der Waals surface area contributed by atoms with Crippen molar-refractivity contribution in [3.8, 4) is 0 Å². The number of fused-ring (bicyclic) bond motifs is 1. The summed E-state index contributed by atoms with van der Waals surface area (Å²) in [4.78, 5) is 66.9. The summed E-state index contributed by atoms with van der Waals surface area (Å²) in [5, 5.41) is 45.3. The fourth-order valence-corrected chi connectivity index (χ4v) is 5.32. The van der Waals surface area contributed by atoms with E-state index in [1.807, 2.05) is 0 Å². The lowest BCUT2D eigenvalue weighted by Gasteiger charge is -2.36. The molecule has 0 saturated carbocycles. The van der Waals surface area contributed by atoms with Gasteiger partial charge in [0.1, 0.15) is 48.6 Å². The Morgan fingerprint density at radius 3 is 2.02 bits per heavy atom. The molecule has 1 aromatic rings. The maximum Gasteiger partial charge on any atom is 0.469 e. The number of carbonyl (C=O) groups is 1. The van der Waals surface area contributed by atoms with Crippen molar-refractivity contribution in [3.63, 3.8) is 0 Å². The normalized spacial score (nSPS) is 35.3. The number of carbonyl (C=O) groups excluding carboxylic acids is 1. The molecule has 5 heterocycles. The molecule has 0 radical (unpaired) electrons. The van der Waals surface area contributed by atoms with Crippen molar-refractivity contribution in [2.24, 2.45) is 4.99 Å². The number of amides is 1. The minimum Gasteiger partial charge on any atom is -0.387 e. The Morgan fingerprint density at radius 2 is 1.48 bits per heavy atom. The van der Waals surface area contributed by atoms with Crippen molar-refractivity contribution in [3.05, 3.63) is 22.7 Å². The summed E-state index contributed by atoms with van der Waals surface area (Å²) >= 11 is 0. The third kappa shape index (κ3) is 8.04. The van der Waals surface area contributed by atoms with Crippen LogP contribution in [0.1, 0.15) is 6.23 Å². The smallest absolute Gasteiger partial charge is 0.387 e. The van der Waals surface area contributed by atoms with Crippen LogP contribution in [0.4, 0.5) is 5.82 Å². The van der Waals surface area contributed by atoms with Crippen LogP contribution in [0.2, 0.25) is 0 Å². The van der Waals surface area contributed by atoms with Gasteiger partial charge in [0.05, 0.1) is 26.2 Å². The van der Waals surface area contributed by atoms with Gasteiger partial charge in [-0.2, -0.15) is 4.98 Å². The number of hydrogen-bond acceptors (Lipinski definition) is 17. The number of phosphoric ester groups is 2. The molecule has 3 fully saturated rings. The van der Waals surface area contributed by atoms with E-state index in [9.17, 15) is 39.1 Å². The number of nitrogens with two attached hydrogens (primary N) is 1. The quantitative estimate of drug-likeness (QED) is 0.114. The van der Waals surface area contributed by atoms with Gasteiger partial charge in [-0.15, -0.1) is 0 Å². The molecule has 5 rings (SSSR count). The molecule has 0 aromatic carbocycles. The molecule has 25 heteroatoms. The summed E-state index contributed by atoms with van der Waals surface area (Å²) < 4.78 is 41.4. The van der Waals surface area contributed by atoms with Crippen LogP contribution in [0, 0.1) is 0 Å². The average molecular weight is 675 g/mol. The summed E-state index contributed by atoms with van der Waals surface area (Å²) in [5.41, 5.74) is 4.52. The molecule has 0 bridgehead atoms. The Hall–Kier alpha value is -2.44. The Balaban J connectivity index is 0.000000202. The van der Waals surface area contributed by atoms with Crippen LogP contribution >= 0.6 is 15.6 Å². The standard InChI is InChI=1S/C10H17N4O8P.C9H14N3O8P/c15-6-4(1-21-23(18,19)20)22-10(7(6)16)14-3-13-5-8(14)11-2-12-9(5)17;10-5-1-2-12(9(15)11-5)8-7(14)6(13)4(20-8)3-19-21(16,17)18/h3-8,10-11,15-16H,1-2H2,(H,12,17)(H2,18,19,20);1-2,4,6-8,13-14H,3H2,(H2,10,11,15)(H2,16,17,18)/t4-,5?,6-,7-,8?,10-;4-,6-,7-,8-/m11/s1. The van der Waals surface area contributed by atoms with Crippen LogP contribution in [0.25, 0.3) is 0 Å². The zero-order valence-electron chi connectivity index (χ0n) is 22.2. The molecule has 3 saturated heterocycles. The second-order valence-corrected chi connectivity index (χ2v) is 12.2. The van der Waals surface area contributed by atoms with Gasteiger partial charge in [0.25, 0.3) is 0 Å². The van der Waals surface area contributed by atoms with Crippen molar-refractivity contribution in [1.82, 2.24) is 25.1 Å². The minimum absolute atomic E-state index is 0.0225. The van der Waals surface area contributed by atoms with Crippen LogP contribution in [-0.4, -0.2) is 142 Å². The molecule has 0 spiro atoms. The Bertz CT molecular complexity index is 1370. The van der Waals surface area contributed by atoms with Gasteiger partial charge in [0.2, 0.25) is 5.91 Å². The third-order valence-corrected chi connectivity index (χ3v) is 7.70. The second-order valence-electron chi connectivity index (χ2n) is 9.73. The predicted molar refractivity (Wildman–Crippen MR) is 140 cm³/mol. The number of ether oxygens (including phenoxy) is 2. The molecule has 10 atom stereocenters. The molecule has 4 aliphatic heterocycles. The number of nitrogens with zero attached hydrogens (tertiary/aromatic N) is 4. The topological polar surface area (TPSA) is 351 Å². The number of phosphoric acid groups is 2. The number of aliphatic hydroxyl groups excluding tert-OH is 4. The number of aromatic nitrogens is 2. The molecule has 1 aromatic heterocycles. The number of anilines is 1. The first-order valence-corrected chi connectivity index (χ1v) is 15.6. The van der Waals surface area contributed by atoms with Gasteiger partial charge in [-0.1, -0.05) is 0 Å². The number of nitrogen functional groups attached to an aromatic ring is 1. The van der Waals surface area contributed by atoms with E-state index >= 15 is 0 Å². The van der Waals surface area contributed by atoms with E-state index in [4.69, 9.17) is 34.8 Å². The predicted octanol–water partition coefficient (Wildman–Crippen LogP) is -6.19. The van der Waals surface area contributed by atoms with E-state index in [0.717, 1.165) is 4.57 Å². The van der Waals surface area contributed by atoms with E-state index < -0.39 is 95.8 Å². The first-order valence-electron chi connectivity index (χ1n) is 12.6. The lowest BCUT2D eigenvalue weighted by molar-refractivity contribution is -0.128. The Kier molecular flexibility index (Phi) is 10.6. The molecular formula is C19H31N7O16P2. The molecule has 44 heavy (non-hydrogen) atoms. The third-order valence-electron chi connectivity index (χ3n) is 6.73. The average Bonchev–Trinajstić information content (AvgIpc) is 3.57. The first-order chi connectivity index (χ1) is 20.5. The maximum absolute atomic E-state index is 11.7. The molecule has 4 aliphatic rings. The number of aliphatic imine (C=N–C) groups is 1. The van der Waals surface area contributed by atoms with Crippen LogP contribution in [-0.2, 0) is 32.4 Å². The lowest BCUT2D eigenvalue weighted by Crippen LogP contribution is -2.63. The van der Waals surface area contributed by atoms with Crippen LogP contribution in [0.3, 0.4) is 0 Å². The number of aliphatic hydroxyl groups is 4. The summed E-state index contributed by atoms with van der Waals surface area (Å²) in [7, 11) is -9.46. The van der Waals surface area contributed by atoms with Crippen molar-refractivity contribution < 1.29 is 72.4 Å². The van der Waals surface area contributed by atoms with Crippen molar-refractivity contribution in [1.29, 1.82) is 0 Å². The van der Waals surface area contributed by atoms with Gasteiger partial charge in [0, 0.05) is 6.20 Å². The van der Waals surface area contributed by atoms with E-state index in [1.54, 1.807) is 0 Å². The van der Waals surface area contributed by atoms with E-state index in [-0.39, 0.29) is 18.4 Å². The van der Waals surface area contributed by atoms with Gasteiger partial charge in [-0.05, 0) is 6.07 Å². The van der Waals surface area contributed by atoms with Gasteiger partial charge >= 0.3 is 21.3 Å². The second kappa shape index (κ2) is 13.5. The lowest BCUT2D eigenvalue weighted by atomic mass is 10.1. The number of rotatable bonds is 8. The van der Waals surface area contributed by atoms with E-state index in [1.165, 1.54) is 23.5 Å². The van der Waals surface area contributed by atoms with Gasteiger partial charge in [-0.3, -0.25) is 28.7 Å². The highest BCUT2D eigenvalue weighted by atomic mass is 31.2. The Morgan fingerprint density at radius 1 is 0.932 bits per heavy atom. The van der Waals surface area contributed by atoms with E-state index in [0.29, 0.717) is 0 Å². The molecule has 12 N–H and O–H groups in total. The van der Waals surface area contributed by atoms with Crippen LogP contribution < -0.4 is 22.1 Å². The van der Waals surface area contributed by atoms with Gasteiger partial charge < -0.3 is 65.4 Å². The van der Waals surface area contributed by atoms with Gasteiger partial charge in [-0.25, -0.2) is 13.9 Å². The fraction of sp³-hybridized carbons (Fsp3) is 0.684. The number of nitrogens with one attached hydrogen (secondary N) is 2. The molecule has 0 aliphatic carbocycles. The van der Waals surface area contributed by atoms with Crippen molar-refractivity contribution >= 4 is 33.7 Å². The minimum atomic E-state index is -4.74. The zero-order valence-corrected chi connectivity index (χ0v) is 24.0. The molecule has 2 unspecified atom stereocenters. The SMILES string of the molecule is Nc1ccn([C@@H]2O[C@H](COP(=O)(O)O)[C@@H](O)[C@H]2O)c(=O)n1.O=C1NCNC2C1N=CN2[C@@H]1O[C@H](COP(=O)(O)O)[C@@H](O)[C@H]1O. The zero-order chi connectivity index (χ0) is 32.6. The van der Waals surface area contributed by atoms with Crippen molar-refractivity contribution in [2.75, 3.05) is 25.6 Å². The first kappa shape index (κ1) is 34.4. The van der Waals surface area contributed by atoms with Crippen LogP contribution in [0.5, 0.6) is 0 Å². The highest BCUT2D eigenvalue weighted by Crippen LogP contribution is 2.39. The Labute approximate surface area is 246 Å². The molecule has 23 nitrogen and oxygen atoms in total. The monoisotopic (exact) mass is 675 g/mol. The van der Waals surface area contributed by atoms with E-state index in [2.05, 4.69) is 29.7 Å². The summed E-state index contributed by atoms with van der Waals surface area (Å²) in [6.07, 6.45) is -8.42. The molecule has 1 amide bonds. The van der Waals surface area contributed by atoms with Crippen molar-refractivity contribution in [2.45, 2.75) is 61.3 Å². The highest BCUT2D eigenvalue weighted by Gasteiger charge is 2.51. The summed E-state index contributed by atoms with van der Waals surface area (Å²) in [6, 6.07) is 0.589. The molecular weight excluding hydrogens is 644 g/mol. The van der Waals surface area contributed by atoms with Gasteiger partial charge in [0.15, 0.2) is 18.5 Å². The fourth-order valence-electron chi connectivity index (χ4n) is 4.64. The summed E-state index contributed by atoms with van der Waals surface area (Å²) in [6.45, 7) is -1.03. The van der Waals surface area contributed by atoms with Crippen LogP contribution in [0.15, 0.2) is 22.1 Å².